The lowest BCUT2D eigenvalue weighted by Gasteiger charge is -2.31. The number of esters is 1. The molecule has 2 aromatic heterocycles. The van der Waals surface area contributed by atoms with Crippen LogP contribution in [0.25, 0.3) is 11.3 Å². The van der Waals surface area contributed by atoms with Gasteiger partial charge in [-0.2, -0.15) is 18.2 Å². The fourth-order valence-corrected chi connectivity index (χ4v) is 4.89. The first-order chi connectivity index (χ1) is 21.3. The van der Waals surface area contributed by atoms with Crippen LogP contribution in [0.1, 0.15) is 28.4 Å². The summed E-state index contributed by atoms with van der Waals surface area (Å²) in [4.78, 5) is 50.8. The third-order valence-electron chi connectivity index (χ3n) is 6.47. The van der Waals surface area contributed by atoms with Gasteiger partial charge in [0.15, 0.2) is 10.9 Å². The molecule has 1 atom stereocenters. The molecule has 0 radical (unpaired) electrons. The summed E-state index contributed by atoms with van der Waals surface area (Å²) in [5.74, 6) is -5.53. The molecule has 4 aromatic rings. The summed E-state index contributed by atoms with van der Waals surface area (Å²) in [5.41, 5.74) is 0.834. The number of benzene rings is 2. The van der Waals surface area contributed by atoms with Crippen LogP contribution in [0.3, 0.4) is 0 Å². The number of anilines is 4. The number of urea groups is 1. The number of nitrogens with zero attached hydrogens (tertiary/aromatic N) is 4. The first-order valence-electron chi connectivity index (χ1n) is 13.1. The van der Waals surface area contributed by atoms with Crippen molar-refractivity contribution >= 4 is 51.8 Å². The number of amides is 3. The van der Waals surface area contributed by atoms with Crippen molar-refractivity contribution in [2.75, 3.05) is 22.1 Å². The maximum Gasteiger partial charge on any atom is 0.490 e. The zero-order chi connectivity index (χ0) is 32.5. The Kier molecular flexibility index (Phi) is 8.63. The second-order valence-electron chi connectivity index (χ2n) is 9.68. The lowest BCUT2D eigenvalue weighted by molar-refractivity contribution is -0.203. The summed E-state index contributed by atoms with van der Waals surface area (Å²) in [6, 6.07) is 6.82. The smallest absolute Gasteiger partial charge is 0.454 e. The highest BCUT2D eigenvalue weighted by molar-refractivity contribution is 7.13. The average Bonchev–Trinajstić information content (AvgIpc) is 3.49. The number of thiazole rings is 1. The lowest BCUT2D eigenvalue weighted by atomic mass is 9.97. The molecule has 1 aliphatic rings. The van der Waals surface area contributed by atoms with Crippen molar-refractivity contribution in [3.05, 3.63) is 76.3 Å². The van der Waals surface area contributed by atoms with Crippen LogP contribution in [0.2, 0.25) is 0 Å². The largest absolute Gasteiger partial charge is 0.490 e. The summed E-state index contributed by atoms with van der Waals surface area (Å²) < 4.78 is 72.4. The molecule has 3 amide bonds. The van der Waals surface area contributed by atoms with Gasteiger partial charge in [-0.15, -0.1) is 11.3 Å². The number of rotatable bonds is 8. The molecule has 0 aliphatic carbocycles. The third-order valence-corrected chi connectivity index (χ3v) is 7.16. The van der Waals surface area contributed by atoms with Crippen molar-refractivity contribution in [2.45, 2.75) is 32.7 Å². The van der Waals surface area contributed by atoms with E-state index in [0.29, 0.717) is 21.2 Å². The molecule has 0 unspecified atom stereocenters. The van der Waals surface area contributed by atoms with E-state index in [1.165, 1.54) is 30.5 Å². The zero-order valence-corrected chi connectivity index (χ0v) is 24.1. The van der Waals surface area contributed by atoms with E-state index in [-0.39, 0.29) is 35.1 Å². The Bertz CT molecular complexity index is 1770. The number of carbonyl (C=O) groups excluding carboxylic acids is 3. The number of aryl methyl sites for hydroxylation is 1. The Morgan fingerprint density at radius 2 is 1.89 bits per heavy atom. The first-order valence-corrected chi connectivity index (χ1v) is 14.0. The van der Waals surface area contributed by atoms with Gasteiger partial charge in [-0.25, -0.2) is 33.2 Å². The number of para-hydroxylation sites is 1. The Morgan fingerprint density at radius 1 is 1.16 bits per heavy atom. The van der Waals surface area contributed by atoms with Crippen molar-refractivity contribution < 1.29 is 41.1 Å². The Labute approximate surface area is 255 Å². The molecule has 17 heteroatoms. The minimum Gasteiger partial charge on any atom is -0.454 e. The van der Waals surface area contributed by atoms with Crippen LogP contribution in [-0.4, -0.2) is 51.7 Å². The number of halogens is 5. The van der Waals surface area contributed by atoms with Gasteiger partial charge in [0.25, 0.3) is 5.91 Å². The predicted molar refractivity (Wildman–Crippen MR) is 153 cm³/mol. The van der Waals surface area contributed by atoms with Crippen LogP contribution in [0.5, 0.6) is 0 Å². The van der Waals surface area contributed by atoms with Crippen LogP contribution >= 0.6 is 11.3 Å². The molecule has 1 aliphatic heterocycles. The van der Waals surface area contributed by atoms with Gasteiger partial charge >= 0.3 is 18.2 Å². The number of hydrogen-bond donors (Lipinski definition) is 3. The van der Waals surface area contributed by atoms with Crippen LogP contribution in [0.15, 0.2) is 48.0 Å². The van der Waals surface area contributed by atoms with E-state index in [1.54, 1.807) is 24.4 Å². The van der Waals surface area contributed by atoms with Crippen LogP contribution < -0.4 is 20.9 Å². The molecule has 3 heterocycles. The van der Waals surface area contributed by atoms with Crippen molar-refractivity contribution in [3.8, 4) is 11.3 Å². The second kappa shape index (κ2) is 12.4. The SMILES string of the molecule is Cc1ccc(C(=O)Nc2nccs2)cc1-c1nc(NC[C@@H](C)OC(=O)C(F)(F)F)nc2c1CNC(=O)N2c1c(F)cccc1F. The maximum absolute atomic E-state index is 14.9. The average molecular weight is 648 g/mol. The number of hydrogen-bond acceptors (Lipinski definition) is 9. The summed E-state index contributed by atoms with van der Waals surface area (Å²) >= 11 is 1.21. The molecule has 11 nitrogen and oxygen atoms in total. The number of aromatic nitrogens is 3. The predicted octanol–water partition coefficient (Wildman–Crippen LogP) is 5.71. The van der Waals surface area contributed by atoms with E-state index < -0.39 is 54.1 Å². The van der Waals surface area contributed by atoms with E-state index in [9.17, 15) is 36.3 Å². The van der Waals surface area contributed by atoms with Crippen molar-refractivity contribution in [1.29, 1.82) is 0 Å². The molecule has 5 rings (SSSR count). The Morgan fingerprint density at radius 3 is 2.56 bits per heavy atom. The molecule has 0 fully saturated rings. The minimum absolute atomic E-state index is 0.144. The molecule has 0 saturated heterocycles. The van der Waals surface area contributed by atoms with E-state index in [0.717, 1.165) is 18.2 Å². The number of fused-ring (bicyclic) bond motifs is 1. The van der Waals surface area contributed by atoms with Gasteiger partial charge in [0.05, 0.1) is 18.8 Å². The van der Waals surface area contributed by atoms with Gasteiger partial charge in [0, 0.05) is 28.3 Å². The van der Waals surface area contributed by atoms with Crippen molar-refractivity contribution in [2.24, 2.45) is 0 Å². The van der Waals surface area contributed by atoms with Gasteiger partial charge in [-0.1, -0.05) is 12.1 Å². The maximum atomic E-state index is 14.9. The zero-order valence-electron chi connectivity index (χ0n) is 23.3. The van der Waals surface area contributed by atoms with Gasteiger partial charge < -0.3 is 15.4 Å². The number of nitrogens with one attached hydrogen (secondary N) is 3. The molecule has 0 bridgehead atoms. The molecule has 3 N–H and O–H groups in total. The van der Waals surface area contributed by atoms with E-state index in [1.807, 2.05) is 0 Å². The van der Waals surface area contributed by atoms with E-state index >= 15 is 0 Å². The first kappa shape index (κ1) is 31.2. The fourth-order valence-electron chi connectivity index (χ4n) is 4.37. The van der Waals surface area contributed by atoms with Crippen LogP contribution in [0, 0.1) is 18.6 Å². The van der Waals surface area contributed by atoms with Gasteiger partial charge in [0.1, 0.15) is 23.4 Å². The summed E-state index contributed by atoms with van der Waals surface area (Å²) in [6.07, 6.45) is -5.01. The number of ether oxygens (including phenoxy) is 1. The van der Waals surface area contributed by atoms with Gasteiger partial charge in [-0.05, 0) is 43.7 Å². The fraction of sp³-hybridized carbons (Fsp3) is 0.214. The molecule has 45 heavy (non-hydrogen) atoms. The van der Waals surface area contributed by atoms with E-state index in [2.05, 4.69) is 35.6 Å². The second-order valence-corrected chi connectivity index (χ2v) is 10.6. The van der Waals surface area contributed by atoms with Crippen molar-refractivity contribution in [1.82, 2.24) is 20.3 Å². The highest BCUT2D eigenvalue weighted by atomic mass is 32.1. The topological polar surface area (TPSA) is 138 Å². The van der Waals surface area contributed by atoms with Crippen LogP contribution in [-0.2, 0) is 16.1 Å². The molecule has 0 spiro atoms. The highest BCUT2D eigenvalue weighted by Gasteiger charge is 2.42. The normalized spacial score (nSPS) is 13.5. The Hall–Kier alpha value is -5.19. The number of carbonyl (C=O) groups is 3. The van der Waals surface area contributed by atoms with E-state index in [4.69, 9.17) is 0 Å². The quantitative estimate of drug-likeness (QED) is 0.164. The van der Waals surface area contributed by atoms with Crippen LogP contribution in [0.4, 0.5) is 49.3 Å². The monoisotopic (exact) mass is 647 g/mol. The highest BCUT2D eigenvalue weighted by Crippen LogP contribution is 2.39. The standard InChI is InChI=1S/C28H22F5N7O4S/c1-13-6-7-15(23(41)39-26-34-8-9-45-26)10-16(13)20-17-12-36-27(43)40(21-18(29)4-3-5-19(21)30)22(17)38-25(37-20)35-11-14(2)44-24(42)28(31,32)33/h3-10,14H,11-12H2,1-2H3,(H,36,43)(H,34,39,41)(H,35,37,38)/t14-/m1/s1. The van der Waals surface area contributed by atoms with Crippen molar-refractivity contribution in [3.63, 3.8) is 0 Å². The minimum atomic E-state index is -5.21. The molecule has 234 valence electrons. The summed E-state index contributed by atoms with van der Waals surface area (Å²) in [5, 5.41) is 9.92. The lowest BCUT2D eigenvalue weighted by Crippen LogP contribution is -2.43. The number of alkyl halides is 3. The summed E-state index contributed by atoms with van der Waals surface area (Å²) in [7, 11) is 0. The van der Waals surface area contributed by atoms with Gasteiger partial charge in [0.2, 0.25) is 5.95 Å². The summed E-state index contributed by atoms with van der Waals surface area (Å²) in [6.45, 7) is 2.33. The van der Waals surface area contributed by atoms with Gasteiger partial charge in [-0.3, -0.25) is 10.1 Å². The molecule has 2 aromatic carbocycles. The Balaban J connectivity index is 1.60. The molecular weight excluding hydrogens is 625 g/mol. The molecule has 0 saturated carbocycles. The molecular formula is C28H22F5N7O4S. The third kappa shape index (κ3) is 6.67.